The molecule has 0 aliphatic rings. The molecule has 178 valence electrons. The largest absolute Gasteiger partial charge is 0.496 e. The highest BCUT2D eigenvalue weighted by Crippen LogP contribution is 2.38. The van der Waals surface area contributed by atoms with E-state index < -0.39 is 18.5 Å². The summed E-state index contributed by atoms with van der Waals surface area (Å²) in [5.41, 5.74) is 0.813. The van der Waals surface area contributed by atoms with Gasteiger partial charge in [0.25, 0.3) is 0 Å². The molecule has 2 aromatic rings. The Morgan fingerprint density at radius 3 is 2.64 bits per heavy atom. The molecule has 0 spiro atoms. The summed E-state index contributed by atoms with van der Waals surface area (Å²) in [5, 5.41) is 20.3. The predicted octanol–water partition coefficient (Wildman–Crippen LogP) is 5.22. The van der Waals surface area contributed by atoms with Crippen LogP contribution in [0.2, 0.25) is 0 Å². The highest BCUT2D eigenvalue weighted by molar-refractivity contribution is 5.82. The summed E-state index contributed by atoms with van der Waals surface area (Å²) in [6.07, 6.45) is 6.17. The van der Waals surface area contributed by atoms with Crippen molar-refractivity contribution >= 4 is 6.21 Å². The zero-order valence-corrected chi connectivity index (χ0v) is 18.6. The SMILES string of the molecule is C\C=C(/C=N/C(=C/CCC)CO)[C@H](O)c1ccc(OC)c(-c2ccnc(OC(F)F)c2)c1F. The van der Waals surface area contributed by atoms with E-state index in [1.54, 1.807) is 19.1 Å². The smallest absolute Gasteiger partial charge is 0.388 e. The number of hydrogen-bond donors (Lipinski definition) is 2. The molecule has 0 amide bonds. The first kappa shape index (κ1) is 26.1. The molecule has 9 heteroatoms. The van der Waals surface area contributed by atoms with E-state index in [4.69, 9.17) is 4.74 Å². The zero-order chi connectivity index (χ0) is 24.4. The Kier molecular flexibility index (Phi) is 10.1. The first-order valence-electron chi connectivity index (χ1n) is 10.3. The second kappa shape index (κ2) is 12.8. The van der Waals surface area contributed by atoms with Crippen molar-refractivity contribution in [1.82, 2.24) is 4.98 Å². The maximum atomic E-state index is 15.6. The molecular formula is C24H27F3N2O4. The van der Waals surface area contributed by atoms with Crippen molar-refractivity contribution < 1.29 is 32.9 Å². The summed E-state index contributed by atoms with van der Waals surface area (Å²) < 4.78 is 50.3. The number of unbranched alkanes of at least 4 members (excludes halogenated alkanes) is 1. The van der Waals surface area contributed by atoms with Gasteiger partial charge in [-0.15, -0.1) is 0 Å². The average Bonchev–Trinajstić information content (AvgIpc) is 2.80. The molecule has 33 heavy (non-hydrogen) atoms. The molecular weight excluding hydrogens is 437 g/mol. The molecule has 1 heterocycles. The number of pyridine rings is 1. The van der Waals surface area contributed by atoms with Gasteiger partial charge in [-0.1, -0.05) is 25.5 Å². The van der Waals surface area contributed by atoms with E-state index in [0.29, 0.717) is 11.3 Å². The molecule has 0 saturated carbocycles. The monoisotopic (exact) mass is 464 g/mol. The molecule has 0 unspecified atom stereocenters. The fraction of sp³-hybridized carbons (Fsp3) is 0.333. The van der Waals surface area contributed by atoms with E-state index in [1.165, 1.54) is 37.7 Å². The molecule has 0 bridgehead atoms. The Morgan fingerprint density at radius 1 is 1.27 bits per heavy atom. The van der Waals surface area contributed by atoms with Crippen molar-refractivity contribution in [1.29, 1.82) is 0 Å². The van der Waals surface area contributed by atoms with Crippen LogP contribution in [0.5, 0.6) is 11.6 Å². The number of aliphatic imine (C=N–C) groups is 1. The van der Waals surface area contributed by atoms with Gasteiger partial charge in [-0.05, 0) is 42.7 Å². The highest BCUT2D eigenvalue weighted by atomic mass is 19.3. The third kappa shape index (κ3) is 6.90. The van der Waals surface area contributed by atoms with Crippen LogP contribution in [0.4, 0.5) is 13.2 Å². The fourth-order valence-corrected chi connectivity index (χ4v) is 3.05. The van der Waals surface area contributed by atoms with Crippen molar-refractivity contribution in [2.75, 3.05) is 13.7 Å². The van der Waals surface area contributed by atoms with Gasteiger partial charge in [-0.2, -0.15) is 8.78 Å². The van der Waals surface area contributed by atoms with Crippen LogP contribution in [0.25, 0.3) is 11.1 Å². The fourth-order valence-electron chi connectivity index (χ4n) is 3.05. The van der Waals surface area contributed by atoms with Gasteiger partial charge >= 0.3 is 6.61 Å². The van der Waals surface area contributed by atoms with Gasteiger partial charge in [0, 0.05) is 24.0 Å². The minimum absolute atomic E-state index is 0.0400. The quantitative estimate of drug-likeness (QED) is 0.445. The number of alkyl halides is 2. The summed E-state index contributed by atoms with van der Waals surface area (Å²) in [6, 6.07) is 5.42. The number of aromatic nitrogens is 1. The molecule has 0 radical (unpaired) electrons. The number of rotatable bonds is 11. The first-order chi connectivity index (χ1) is 15.9. The Labute approximate surface area is 190 Å². The summed E-state index contributed by atoms with van der Waals surface area (Å²) in [6.45, 7) is 0.305. The predicted molar refractivity (Wildman–Crippen MR) is 120 cm³/mol. The summed E-state index contributed by atoms with van der Waals surface area (Å²) in [7, 11) is 1.34. The minimum atomic E-state index is -3.08. The Balaban J connectivity index is 2.48. The van der Waals surface area contributed by atoms with Crippen molar-refractivity contribution in [2.45, 2.75) is 39.4 Å². The number of ether oxygens (including phenoxy) is 2. The molecule has 2 rings (SSSR count). The topological polar surface area (TPSA) is 84.2 Å². The highest BCUT2D eigenvalue weighted by Gasteiger charge is 2.23. The van der Waals surface area contributed by atoms with Gasteiger partial charge in [0.05, 0.1) is 25.0 Å². The summed E-state index contributed by atoms with van der Waals surface area (Å²) in [5.74, 6) is -1.04. The second-order valence-electron chi connectivity index (χ2n) is 6.90. The molecule has 0 aliphatic carbocycles. The third-order valence-corrected chi connectivity index (χ3v) is 4.74. The first-order valence-corrected chi connectivity index (χ1v) is 10.3. The van der Waals surface area contributed by atoms with Crippen molar-refractivity contribution in [2.24, 2.45) is 4.99 Å². The number of allylic oxidation sites excluding steroid dienone is 2. The van der Waals surface area contributed by atoms with E-state index in [0.717, 1.165) is 18.9 Å². The van der Waals surface area contributed by atoms with Crippen molar-refractivity contribution in [3.05, 3.63) is 65.3 Å². The molecule has 2 N–H and O–H groups in total. The maximum Gasteiger partial charge on any atom is 0.388 e. The van der Waals surface area contributed by atoms with Crippen LogP contribution >= 0.6 is 0 Å². The normalized spacial score (nSPS) is 13.6. The van der Waals surface area contributed by atoms with Gasteiger partial charge in [-0.25, -0.2) is 9.37 Å². The van der Waals surface area contributed by atoms with E-state index in [1.807, 2.05) is 6.92 Å². The average molecular weight is 464 g/mol. The van der Waals surface area contributed by atoms with Crippen LogP contribution in [0.1, 0.15) is 38.4 Å². The van der Waals surface area contributed by atoms with Crippen LogP contribution in [-0.4, -0.2) is 41.7 Å². The van der Waals surface area contributed by atoms with Crippen molar-refractivity contribution in [3.63, 3.8) is 0 Å². The molecule has 0 saturated heterocycles. The lowest BCUT2D eigenvalue weighted by Gasteiger charge is -2.18. The zero-order valence-electron chi connectivity index (χ0n) is 18.6. The van der Waals surface area contributed by atoms with E-state index >= 15 is 4.39 Å². The van der Waals surface area contributed by atoms with Gasteiger partial charge in [0.15, 0.2) is 0 Å². The molecule has 0 fully saturated rings. The number of halogens is 3. The third-order valence-electron chi connectivity index (χ3n) is 4.74. The van der Waals surface area contributed by atoms with Gasteiger partial charge in [0.1, 0.15) is 17.7 Å². The molecule has 1 atom stereocenters. The van der Waals surface area contributed by atoms with Gasteiger partial charge < -0.3 is 19.7 Å². The Bertz CT molecular complexity index is 1020. The van der Waals surface area contributed by atoms with Gasteiger partial charge in [0.2, 0.25) is 5.88 Å². The van der Waals surface area contributed by atoms with Crippen LogP contribution in [-0.2, 0) is 0 Å². The molecule has 6 nitrogen and oxygen atoms in total. The van der Waals surface area contributed by atoms with Crippen LogP contribution in [0.15, 0.2) is 58.9 Å². The van der Waals surface area contributed by atoms with E-state index in [2.05, 4.69) is 14.7 Å². The summed E-state index contributed by atoms with van der Waals surface area (Å²) in [4.78, 5) is 7.89. The van der Waals surface area contributed by atoms with Crippen LogP contribution in [0, 0.1) is 5.82 Å². The summed E-state index contributed by atoms with van der Waals surface area (Å²) >= 11 is 0. The Morgan fingerprint density at radius 2 is 2.03 bits per heavy atom. The Hall–Kier alpha value is -3.17. The van der Waals surface area contributed by atoms with Crippen LogP contribution in [0.3, 0.4) is 0 Å². The maximum absolute atomic E-state index is 15.6. The second-order valence-corrected chi connectivity index (χ2v) is 6.90. The number of aliphatic hydroxyl groups excluding tert-OH is 2. The lowest BCUT2D eigenvalue weighted by molar-refractivity contribution is -0.0528. The van der Waals surface area contributed by atoms with E-state index in [9.17, 15) is 19.0 Å². The lowest BCUT2D eigenvalue weighted by Crippen LogP contribution is -2.08. The lowest BCUT2D eigenvalue weighted by atomic mass is 9.95. The number of methoxy groups -OCH3 is 1. The van der Waals surface area contributed by atoms with E-state index in [-0.39, 0.29) is 34.9 Å². The van der Waals surface area contributed by atoms with Crippen LogP contribution < -0.4 is 9.47 Å². The number of benzene rings is 1. The molecule has 0 aliphatic heterocycles. The number of hydrogen-bond acceptors (Lipinski definition) is 6. The van der Waals surface area contributed by atoms with Gasteiger partial charge in [-0.3, -0.25) is 4.99 Å². The standard InChI is InChI=1S/C24H27F3N2O4/c1-4-6-7-17(14-30)29-13-15(5-2)23(31)18-8-9-19(32-3)21(22(18)25)16-10-11-28-20(12-16)33-24(26)27/h5,7-13,23-24,30-31H,4,6,14H2,1-3H3/b15-5+,17-7+,29-13+/t23-/m0/s1. The molecule has 1 aromatic heterocycles. The van der Waals surface area contributed by atoms with Crippen molar-refractivity contribution in [3.8, 4) is 22.8 Å². The molecule has 1 aromatic carbocycles. The minimum Gasteiger partial charge on any atom is -0.496 e. The number of aliphatic hydroxyl groups is 2. The number of nitrogens with zero attached hydrogens (tertiary/aromatic N) is 2.